The van der Waals surface area contributed by atoms with E-state index in [1.165, 1.54) is 6.08 Å². The van der Waals surface area contributed by atoms with Crippen LogP contribution >= 0.6 is 0 Å². The second kappa shape index (κ2) is 12.8. The number of methoxy groups -OCH3 is 1. The molecule has 5 aromatic carbocycles. The molecule has 0 aromatic heterocycles. The number of carbonyl (C=O) groups is 3. The van der Waals surface area contributed by atoms with Gasteiger partial charge in [0.2, 0.25) is 0 Å². The first-order chi connectivity index (χ1) is 21.9. The van der Waals surface area contributed by atoms with Crippen LogP contribution in [-0.4, -0.2) is 25.0 Å². The van der Waals surface area contributed by atoms with Crippen molar-refractivity contribution < 1.29 is 28.6 Å². The minimum atomic E-state index is -0.836. The Morgan fingerprint density at radius 1 is 0.756 bits per heavy atom. The minimum absolute atomic E-state index is 0.213. The summed E-state index contributed by atoms with van der Waals surface area (Å²) in [5.74, 6) is -0.0230. The Morgan fingerprint density at radius 2 is 1.49 bits per heavy atom. The fraction of sp³-hybridized carbons (Fsp3) is 0.108. The second-order valence-electron chi connectivity index (χ2n) is 10.6. The van der Waals surface area contributed by atoms with Gasteiger partial charge in [-0.1, -0.05) is 72.3 Å². The molecule has 0 spiro atoms. The number of hydrogen-bond acceptors (Lipinski definition) is 6. The predicted octanol–water partition coefficient (Wildman–Crippen LogP) is 6.98. The first-order valence-corrected chi connectivity index (χ1v) is 14.4. The highest BCUT2D eigenvalue weighted by molar-refractivity contribution is 6.39. The smallest absolute Gasteiger partial charge is 0.335 e. The summed E-state index contributed by atoms with van der Waals surface area (Å²) in [5, 5.41) is 4.43. The third-order valence-corrected chi connectivity index (χ3v) is 7.51. The van der Waals surface area contributed by atoms with E-state index in [9.17, 15) is 14.4 Å². The van der Waals surface area contributed by atoms with Crippen LogP contribution in [0.2, 0.25) is 0 Å². The van der Waals surface area contributed by atoms with E-state index >= 15 is 0 Å². The van der Waals surface area contributed by atoms with E-state index in [0.717, 1.165) is 32.4 Å². The Labute approximate surface area is 260 Å². The van der Waals surface area contributed by atoms with E-state index in [1.807, 2.05) is 73.7 Å². The molecule has 1 aliphatic rings. The number of hydrogen-bond donors (Lipinski definition) is 1. The quantitative estimate of drug-likeness (QED) is 0.145. The summed E-state index contributed by atoms with van der Waals surface area (Å²) in [6.45, 7) is 2.64. The molecule has 224 valence electrons. The predicted molar refractivity (Wildman–Crippen MR) is 172 cm³/mol. The molecular weight excluding hydrogens is 568 g/mol. The number of fused-ring (bicyclic) bond motifs is 1. The van der Waals surface area contributed by atoms with Gasteiger partial charge >= 0.3 is 6.03 Å². The Morgan fingerprint density at radius 3 is 2.27 bits per heavy atom. The number of rotatable bonds is 9. The molecule has 0 aliphatic carbocycles. The summed E-state index contributed by atoms with van der Waals surface area (Å²) in [4.78, 5) is 40.3. The van der Waals surface area contributed by atoms with Crippen molar-refractivity contribution in [3.05, 3.63) is 137 Å². The fourth-order valence-corrected chi connectivity index (χ4v) is 5.05. The normalized spacial score (nSPS) is 14.0. The molecule has 6 rings (SSSR count). The molecule has 8 nitrogen and oxygen atoms in total. The number of aryl methyl sites for hydroxylation is 1. The lowest BCUT2D eigenvalue weighted by molar-refractivity contribution is -0.122. The van der Waals surface area contributed by atoms with Crippen molar-refractivity contribution >= 4 is 40.4 Å². The van der Waals surface area contributed by atoms with Gasteiger partial charge in [-0.15, -0.1) is 0 Å². The van der Waals surface area contributed by atoms with Gasteiger partial charge in [0.25, 0.3) is 11.8 Å². The number of nitrogens with zero attached hydrogens (tertiary/aromatic N) is 1. The number of nitrogens with one attached hydrogen (secondary N) is 1. The average Bonchev–Trinajstić information content (AvgIpc) is 3.06. The molecule has 1 aliphatic heterocycles. The van der Waals surface area contributed by atoms with Gasteiger partial charge in [0.1, 0.15) is 36.0 Å². The van der Waals surface area contributed by atoms with Crippen LogP contribution in [0.15, 0.2) is 115 Å². The van der Waals surface area contributed by atoms with Crippen molar-refractivity contribution in [2.45, 2.75) is 20.1 Å². The fourth-order valence-electron chi connectivity index (χ4n) is 5.05. The number of urea groups is 1. The zero-order valence-electron chi connectivity index (χ0n) is 24.8. The van der Waals surface area contributed by atoms with Gasteiger partial charge in [-0.3, -0.25) is 14.9 Å². The van der Waals surface area contributed by atoms with Gasteiger partial charge in [-0.05, 0) is 71.3 Å². The SMILES string of the molecule is COc1ccc(/C=C2\C(=O)NC(=O)N(c3ccc(OCc4ccc(C)cc4)cc3)C2=O)c(OCc2cccc3ccccc23)c1. The van der Waals surface area contributed by atoms with E-state index in [-0.39, 0.29) is 12.2 Å². The number of anilines is 1. The molecule has 1 saturated heterocycles. The largest absolute Gasteiger partial charge is 0.497 e. The number of carbonyl (C=O) groups excluding carboxylic acids is 3. The molecule has 45 heavy (non-hydrogen) atoms. The maximum atomic E-state index is 13.6. The van der Waals surface area contributed by atoms with E-state index < -0.39 is 17.8 Å². The van der Waals surface area contributed by atoms with Crippen LogP contribution in [0.4, 0.5) is 10.5 Å². The number of ether oxygens (including phenoxy) is 3. The topological polar surface area (TPSA) is 94.2 Å². The highest BCUT2D eigenvalue weighted by Crippen LogP contribution is 2.31. The van der Waals surface area contributed by atoms with Gasteiger partial charge in [0.15, 0.2) is 0 Å². The number of benzene rings is 5. The van der Waals surface area contributed by atoms with Crippen molar-refractivity contribution in [2.24, 2.45) is 0 Å². The first-order valence-electron chi connectivity index (χ1n) is 14.4. The number of imide groups is 2. The molecule has 1 N–H and O–H groups in total. The van der Waals surface area contributed by atoms with Gasteiger partial charge in [-0.2, -0.15) is 0 Å². The van der Waals surface area contributed by atoms with Crippen LogP contribution in [0.5, 0.6) is 17.2 Å². The van der Waals surface area contributed by atoms with Crippen molar-refractivity contribution in [3.8, 4) is 17.2 Å². The van der Waals surface area contributed by atoms with Crippen LogP contribution in [0.3, 0.4) is 0 Å². The van der Waals surface area contributed by atoms with E-state index in [4.69, 9.17) is 14.2 Å². The molecule has 5 aromatic rings. The first kappa shape index (κ1) is 29.2. The highest BCUT2D eigenvalue weighted by atomic mass is 16.5. The molecule has 8 heteroatoms. The van der Waals surface area contributed by atoms with Gasteiger partial charge < -0.3 is 14.2 Å². The third-order valence-electron chi connectivity index (χ3n) is 7.51. The summed E-state index contributed by atoms with van der Waals surface area (Å²) in [5.41, 5.74) is 3.71. The van der Waals surface area contributed by atoms with Crippen LogP contribution in [-0.2, 0) is 22.8 Å². The lowest BCUT2D eigenvalue weighted by Gasteiger charge is -2.26. The Kier molecular flexibility index (Phi) is 8.28. The Bertz CT molecular complexity index is 1920. The Hall–Kier alpha value is -5.89. The van der Waals surface area contributed by atoms with Crippen molar-refractivity contribution in [2.75, 3.05) is 12.0 Å². The molecule has 0 unspecified atom stereocenters. The van der Waals surface area contributed by atoms with Crippen LogP contribution in [0, 0.1) is 6.92 Å². The molecular formula is C37H30N2O6. The zero-order chi connectivity index (χ0) is 31.3. The zero-order valence-corrected chi connectivity index (χ0v) is 24.8. The number of barbiturate groups is 1. The lowest BCUT2D eigenvalue weighted by atomic mass is 10.0. The molecule has 1 fully saturated rings. The van der Waals surface area contributed by atoms with Crippen LogP contribution < -0.4 is 24.4 Å². The summed E-state index contributed by atoms with van der Waals surface area (Å²) in [7, 11) is 1.54. The Balaban J connectivity index is 1.24. The van der Waals surface area contributed by atoms with Gasteiger partial charge in [0.05, 0.1) is 12.8 Å². The molecule has 1 heterocycles. The van der Waals surface area contributed by atoms with Crippen molar-refractivity contribution in [1.82, 2.24) is 5.32 Å². The summed E-state index contributed by atoms with van der Waals surface area (Å²) < 4.78 is 17.5. The van der Waals surface area contributed by atoms with Gasteiger partial charge in [0, 0.05) is 11.6 Å². The maximum absolute atomic E-state index is 13.6. The van der Waals surface area contributed by atoms with E-state index in [2.05, 4.69) is 5.32 Å². The molecule has 4 amide bonds. The highest BCUT2D eigenvalue weighted by Gasteiger charge is 2.37. The molecule has 0 saturated carbocycles. The van der Waals surface area contributed by atoms with Gasteiger partial charge in [-0.25, -0.2) is 9.69 Å². The lowest BCUT2D eigenvalue weighted by Crippen LogP contribution is -2.54. The molecule has 0 atom stereocenters. The number of amides is 4. The monoisotopic (exact) mass is 598 g/mol. The average molecular weight is 599 g/mol. The van der Waals surface area contributed by atoms with Crippen molar-refractivity contribution in [1.29, 1.82) is 0 Å². The second-order valence-corrected chi connectivity index (χ2v) is 10.6. The maximum Gasteiger partial charge on any atom is 0.335 e. The molecule has 0 radical (unpaired) electrons. The van der Waals surface area contributed by atoms with E-state index in [0.29, 0.717) is 35.1 Å². The summed E-state index contributed by atoms with van der Waals surface area (Å²) >= 11 is 0. The summed E-state index contributed by atoms with van der Waals surface area (Å²) in [6, 6.07) is 32.8. The standard InChI is InChI=1S/C37H30N2O6/c1-24-10-12-25(13-11-24)22-44-30-18-15-29(16-19-30)39-36(41)33(35(40)38-37(39)42)20-27-14-17-31(43-2)21-34(27)45-23-28-8-5-7-26-6-3-4-9-32(26)28/h3-21H,22-23H2,1-2H3,(H,38,40,42)/b33-20+. The van der Waals surface area contributed by atoms with Crippen LogP contribution in [0.25, 0.3) is 16.8 Å². The molecule has 0 bridgehead atoms. The summed E-state index contributed by atoms with van der Waals surface area (Å²) in [6.07, 6.45) is 1.42. The minimum Gasteiger partial charge on any atom is -0.497 e. The van der Waals surface area contributed by atoms with E-state index in [1.54, 1.807) is 49.6 Å². The van der Waals surface area contributed by atoms with Crippen LogP contribution in [0.1, 0.15) is 22.3 Å². The third kappa shape index (κ3) is 6.40. The van der Waals surface area contributed by atoms with Crippen molar-refractivity contribution in [3.63, 3.8) is 0 Å².